The van der Waals surface area contributed by atoms with Gasteiger partial charge in [0, 0.05) is 37.6 Å². The van der Waals surface area contributed by atoms with Crippen LogP contribution in [0, 0.1) is 11.3 Å². The van der Waals surface area contributed by atoms with E-state index in [1.165, 1.54) is 9.87 Å². The molecule has 0 fully saturated rings. The number of imidazole rings is 1. The molecule has 9 heteroatoms. The van der Waals surface area contributed by atoms with Crippen LogP contribution in [0.2, 0.25) is 0 Å². The summed E-state index contributed by atoms with van der Waals surface area (Å²) in [4.78, 5) is 9.35. The van der Waals surface area contributed by atoms with E-state index in [0.717, 1.165) is 28.1 Å². The molecule has 0 amide bonds. The first-order chi connectivity index (χ1) is 19.0. The molecule has 39 heavy (non-hydrogen) atoms. The lowest BCUT2D eigenvalue weighted by Gasteiger charge is -2.35. The molecule has 2 aliphatic rings. The third-order valence-electron chi connectivity index (χ3n) is 7.28. The van der Waals surface area contributed by atoms with Gasteiger partial charge in [-0.25, -0.2) is 4.98 Å². The van der Waals surface area contributed by atoms with Crippen molar-refractivity contribution in [3.8, 4) is 6.07 Å². The van der Waals surface area contributed by atoms with Gasteiger partial charge in [0.15, 0.2) is 0 Å². The summed E-state index contributed by atoms with van der Waals surface area (Å²) in [7, 11) is -3.90. The lowest BCUT2D eigenvalue weighted by atomic mass is 10.0. The second-order valence-electron chi connectivity index (χ2n) is 9.81. The minimum Gasteiger partial charge on any atom is -0.347 e. The number of nitrogens with one attached hydrogen (secondary N) is 1. The maximum absolute atomic E-state index is 14.4. The topological polar surface area (TPSA) is 96.3 Å². The van der Waals surface area contributed by atoms with E-state index in [9.17, 15) is 13.7 Å². The van der Waals surface area contributed by atoms with Crippen molar-refractivity contribution in [1.29, 1.82) is 5.26 Å². The zero-order valence-corrected chi connectivity index (χ0v) is 22.2. The van der Waals surface area contributed by atoms with Crippen molar-refractivity contribution in [2.75, 3.05) is 11.4 Å². The zero-order valence-electron chi connectivity index (χ0n) is 21.4. The largest absolute Gasteiger partial charge is 0.347 e. The molecule has 0 spiro atoms. The second kappa shape index (κ2) is 10.4. The molecule has 0 saturated heterocycles. The molecule has 0 saturated carbocycles. The Kier molecular flexibility index (Phi) is 6.65. The van der Waals surface area contributed by atoms with Gasteiger partial charge in [-0.15, -0.1) is 0 Å². The molecule has 8 nitrogen and oxygen atoms in total. The Balaban J connectivity index is 1.46. The Labute approximate surface area is 228 Å². The molecule has 1 aromatic heterocycles. The van der Waals surface area contributed by atoms with Crippen molar-refractivity contribution in [3.63, 3.8) is 0 Å². The van der Waals surface area contributed by atoms with Crippen molar-refractivity contribution in [2.24, 2.45) is 0 Å². The highest BCUT2D eigenvalue weighted by Gasteiger charge is 2.36. The van der Waals surface area contributed by atoms with Gasteiger partial charge in [-0.2, -0.15) is 18.0 Å². The number of aromatic amines is 1. The maximum atomic E-state index is 14.4. The van der Waals surface area contributed by atoms with E-state index < -0.39 is 10.2 Å². The normalized spacial score (nSPS) is 15.6. The number of benzene rings is 3. The van der Waals surface area contributed by atoms with Crippen molar-refractivity contribution in [2.45, 2.75) is 32.5 Å². The molecule has 0 unspecified atom stereocenters. The van der Waals surface area contributed by atoms with Crippen molar-refractivity contribution in [1.82, 2.24) is 18.6 Å². The fourth-order valence-electron chi connectivity index (χ4n) is 5.29. The summed E-state index contributed by atoms with van der Waals surface area (Å²) < 4.78 is 31.9. The molecule has 3 heterocycles. The van der Waals surface area contributed by atoms with E-state index in [0.29, 0.717) is 43.7 Å². The SMILES string of the molecule is N#Cc1ccc2c(c1)CN(S(=O)(=O)N1CCc3ccccc3C1)C(Cc1ccccc1)=CN2Cc1cnc[nH]1. The maximum Gasteiger partial charge on any atom is 0.304 e. The number of hydrogen-bond acceptors (Lipinski definition) is 5. The number of nitrogens with zero attached hydrogens (tertiary/aromatic N) is 5. The fourth-order valence-corrected chi connectivity index (χ4v) is 6.91. The van der Waals surface area contributed by atoms with Gasteiger partial charge in [0.2, 0.25) is 0 Å². The summed E-state index contributed by atoms with van der Waals surface area (Å²) in [6.07, 6.45) is 6.43. The molecule has 6 rings (SSSR count). The number of allylic oxidation sites excluding steroid dienone is 1. The van der Waals surface area contributed by atoms with Crippen LogP contribution in [-0.4, -0.2) is 33.5 Å². The van der Waals surface area contributed by atoms with Gasteiger partial charge in [0.1, 0.15) is 0 Å². The minimum absolute atomic E-state index is 0.128. The quantitative estimate of drug-likeness (QED) is 0.392. The summed E-state index contributed by atoms with van der Waals surface area (Å²) in [5, 5.41) is 9.62. The summed E-state index contributed by atoms with van der Waals surface area (Å²) in [6.45, 7) is 1.35. The lowest BCUT2D eigenvalue weighted by Crippen LogP contribution is -2.45. The summed E-state index contributed by atoms with van der Waals surface area (Å²) >= 11 is 0. The van der Waals surface area contributed by atoms with Gasteiger partial charge in [-0.05, 0) is 46.9 Å². The van der Waals surface area contributed by atoms with Gasteiger partial charge >= 0.3 is 10.2 Å². The van der Waals surface area contributed by atoms with Crippen LogP contribution in [0.15, 0.2) is 97.2 Å². The van der Waals surface area contributed by atoms with Crippen LogP contribution in [0.25, 0.3) is 0 Å². The molecule has 196 valence electrons. The first-order valence-electron chi connectivity index (χ1n) is 12.9. The number of hydrogen-bond donors (Lipinski definition) is 1. The Morgan fingerprint density at radius 3 is 2.51 bits per heavy atom. The van der Waals surface area contributed by atoms with Gasteiger partial charge in [-0.3, -0.25) is 4.31 Å². The van der Waals surface area contributed by atoms with Crippen LogP contribution >= 0.6 is 0 Å². The minimum atomic E-state index is -3.90. The number of H-pyrrole nitrogens is 1. The smallest absolute Gasteiger partial charge is 0.304 e. The molecule has 3 aromatic carbocycles. The Bertz CT molecular complexity index is 1660. The third-order valence-corrected chi connectivity index (χ3v) is 9.17. The van der Waals surface area contributed by atoms with E-state index in [2.05, 4.69) is 22.1 Å². The van der Waals surface area contributed by atoms with Crippen LogP contribution in [0.1, 0.15) is 33.5 Å². The number of fused-ring (bicyclic) bond motifs is 2. The molecule has 0 aliphatic carbocycles. The highest BCUT2D eigenvalue weighted by Crippen LogP contribution is 2.35. The van der Waals surface area contributed by atoms with Crippen LogP contribution in [0.4, 0.5) is 5.69 Å². The van der Waals surface area contributed by atoms with E-state index in [-0.39, 0.29) is 6.54 Å². The molecule has 0 bridgehead atoms. The van der Waals surface area contributed by atoms with Gasteiger partial charge in [0.05, 0.1) is 42.4 Å². The Morgan fingerprint density at radius 2 is 1.74 bits per heavy atom. The first kappa shape index (κ1) is 24.9. The molecule has 1 N–H and O–H groups in total. The van der Waals surface area contributed by atoms with E-state index in [1.807, 2.05) is 65.7 Å². The van der Waals surface area contributed by atoms with Crippen LogP contribution in [0.3, 0.4) is 0 Å². The summed E-state index contributed by atoms with van der Waals surface area (Å²) in [6, 6.07) is 25.6. The predicted molar refractivity (Wildman–Crippen MR) is 149 cm³/mol. The Morgan fingerprint density at radius 1 is 0.949 bits per heavy atom. The third kappa shape index (κ3) is 5.04. The lowest BCUT2D eigenvalue weighted by molar-refractivity contribution is 0.343. The van der Waals surface area contributed by atoms with E-state index in [4.69, 9.17) is 0 Å². The van der Waals surface area contributed by atoms with E-state index in [1.54, 1.807) is 29.0 Å². The first-order valence-corrected chi connectivity index (χ1v) is 14.3. The number of aromatic nitrogens is 2. The van der Waals surface area contributed by atoms with Crippen molar-refractivity contribution < 1.29 is 8.42 Å². The molecule has 0 radical (unpaired) electrons. The highest BCUT2D eigenvalue weighted by atomic mass is 32.2. The van der Waals surface area contributed by atoms with Crippen LogP contribution < -0.4 is 4.90 Å². The zero-order chi connectivity index (χ0) is 26.8. The standard InChI is InChI=1S/C30H28N6O2S/c31-16-24-10-11-30-27(14-24)19-36(39(37,38)35-13-12-25-8-4-5-9-26(25)18-35)29(15-23-6-2-1-3-7-23)21-34(30)20-28-17-32-22-33-28/h1-11,14,17,21-22H,12-13,15,18-20H2,(H,32,33). The van der Waals surface area contributed by atoms with Gasteiger partial charge < -0.3 is 9.88 Å². The Hall–Kier alpha value is -4.39. The molecule has 4 aromatic rings. The number of rotatable bonds is 6. The van der Waals surface area contributed by atoms with Crippen molar-refractivity contribution in [3.05, 3.63) is 131 Å². The van der Waals surface area contributed by atoms with Crippen molar-refractivity contribution >= 4 is 15.9 Å². The van der Waals surface area contributed by atoms with Gasteiger partial charge in [-0.1, -0.05) is 54.6 Å². The highest BCUT2D eigenvalue weighted by molar-refractivity contribution is 7.86. The number of anilines is 1. The molecular weight excluding hydrogens is 508 g/mol. The van der Waals surface area contributed by atoms with Gasteiger partial charge in [0.25, 0.3) is 0 Å². The van der Waals surface area contributed by atoms with Crippen LogP contribution in [-0.2, 0) is 42.7 Å². The second-order valence-corrected chi connectivity index (χ2v) is 11.7. The fraction of sp³-hybridized carbons (Fsp3) is 0.200. The molecule has 2 aliphatic heterocycles. The van der Waals surface area contributed by atoms with Crippen LogP contribution in [0.5, 0.6) is 0 Å². The van der Waals surface area contributed by atoms with E-state index >= 15 is 0 Å². The summed E-state index contributed by atoms with van der Waals surface area (Å²) in [5.41, 5.74) is 6.91. The molecular formula is C30H28N6O2S. The monoisotopic (exact) mass is 536 g/mol. The number of nitriles is 1. The average molecular weight is 537 g/mol. The predicted octanol–water partition coefficient (Wildman–Crippen LogP) is 4.49. The summed E-state index contributed by atoms with van der Waals surface area (Å²) in [5.74, 6) is 0. The average Bonchev–Trinajstić information content (AvgIpc) is 3.43. The molecule has 0 atom stereocenters.